The van der Waals surface area contributed by atoms with Gasteiger partial charge < -0.3 is 10.4 Å². The van der Waals surface area contributed by atoms with Gasteiger partial charge in [0.2, 0.25) is 5.91 Å². The van der Waals surface area contributed by atoms with Crippen molar-refractivity contribution in [3.63, 3.8) is 0 Å². The molecule has 1 aromatic rings. The molecule has 0 bridgehead atoms. The molecule has 1 aromatic carbocycles. The van der Waals surface area contributed by atoms with Gasteiger partial charge in [0.1, 0.15) is 5.75 Å². The zero-order valence-electron chi connectivity index (χ0n) is 11.7. The summed E-state index contributed by atoms with van der Waals surface area (Å²) in [5, 5.41) is 12.5. The molecule has 0 spiro atoms. The topological polar surface area (TPSA) is 49.3 Å². The van der Waals surface area contributed by atoms with Crippen molar-refractivity contribution in [1.82, 2.24) is 5.32 Å². The number of benzene rings is 1. The van der Waals surface area contributed by atoms with Gasteiger partial charge in [-0.1, -0.05) is 54.9 Å². The Bertz CT molecular complexity index is 426. The van der Waals surface area contributed by atoms with E-state index >= 15 is 0 Å². The Hall–Kier alpha value is -1.03. The lowest BCUT2D eigenvalue weighted by Crippen LogP contribution is -2.32. The summed E-state index contributed by atoms with van der Waals surface area (Å²) in [4.78, 5) is 12.1. The van der Waals surface area contributed by atoms with Crippen LogP contribution in [-0.2, 0) is 11.2 Å². The van der Waals surface area contributed by atoms with Crippen molar-refractivity contribution >= 4 is 21.8 Å². The fourth-order valence-electron chi connectivity index (χ4n) is 1.86. The summed E-state index contributed by atoms with van der Waals surface area (Å²) >= 11 is 3.58. The molecule has 0 aliphatic rings. The third-order valence-corrected chi connectivity index (χ3v) is 3.34. The summed E-state index contributed by atoms with van der Waals surface area (Å²) in [5.74, 6) is 0.0996. The molecule has 0 aliphatic heterocycles. The van der Waals surface area contributed by atoms with Crippen molar-refractivity contribution in [2.24, 2.45) is 5.41 Å². The molecule has 1 unspecified atom stereocenters. The number of amides is 1. The number of carbonyl (C=O) groups excluding carboxylic acids is 1. The van der Waals surface area contributed by atoms with Crippen molar-refractivity contribution in [3.05, 3.63) is 29.8 Å². The summed E-state index contributed by atoms with van der Waals surface area (Å²) in [5.41, 5.74) is 0.887. The molecule has 106 valence electrons. The van der Waals surface area contributed by atoms with Crippen LogP contribution in [0.15, 0.2) is 24.3 Å². The maximum atomic E-state index is 11.8. The highest BCUT2D eigenvalue weighted by Crippen LogP contribution is 2.24. The number of para-hydroxylation sites is 1. The first kappa shape index (κ1) is 16.0. The number of phenols is 1. The highest BCUT2D eigenvalue weighted by Gasteiger charge is 2.17. The van der Waals surface area contributed by atoms with E-state index in [0.717, 1.165) is 6.42 Å². The lowest BCUT2D eigenvalue weighted by molar-refractivity contribution is -0.120. The molecule has 0 aliphatic carbocycles. The number of hydrogen-bond donors (Lipinski definition) is 2. The van der Waals surface area contributed by atoms with Crippen LogP contribution in [0.4, 0.5) is 0 Å². The van der Waals surface area contributed by atoms with Crippen molar-refractivity contribution in [2.75, 3.05) is 6.54 Å². The van der Waals surface area contributed by atoms with Gasteiger partial charge >= 0.3 is 0 Å². The largest absolute Gasteiger partial charge is 0.508 e. The predicted molar refractivity (Wildman–Crippen MR) is 81.6 cm³/mol. The van der Waals surface area contributed by atoms with E-state index < -0.39 is 0 Å². The van der Waals surface area contributed by atoms with Gasteiger partial charge in [-0.15, -0.1) is 0 Å². The number of carbonyl (C=O) groups is 1. The monoisotopic (exact) mass is 327 g/mol. The van der Waals surface area contributed by atoms with Crippen molar-refractivity contribution in [3.8, 4) is 5.75 Å². The number of rotatable bonds is 5. The maximum absolute atomic E-state index is 11.8. The second-order valence-electron chi connectivity index (χ2n) is 5.97. The zero-order chi connectivity index (χ0) is 14.5. The number of nitrogens with one attached hydrogen (secondary N) is 1. The third-order valence-electron chi connectivity index (χ3n) is 2.70. The Kier molecular flexibility index (Phi) is 5.85. The van der Waals surface area contributed by atoms with Crippen molar-refractivity contribution in [1.29, 1.82) is 0 Å². The number of phenolic OH excluding ortho intramolecular Hbond substituents is 1. The van der Waals surface area contributed by atoms with E-state index in [0.29, 0.717) is 12.1 Å². The summed E-state index contributed by atoms with van der Waals surface area (Å²) in [6.07, 6.45) is 1.20. The van der Waals surface area contributed by atoms with Crippen LogP contribution in [-0.4, -0.2) is 22.4 Å². The maximum Gasteiger partial charge on any atom is 0.224 e. The highest BCUT2D eigenvalue weighted by atomic mass is 79.9. The molecular weight excluding hydrogens is 306 g/mol. The molecule has 1 rings (SSSR count). The fourth-order valence-corrected chi connectivity index (χ4v) is 2.99. The molecule has 0 heterocycles. The van der Waals surface area contributed by atoms with Crippen LogP contribution < -0.4 is 5.32 Å². The van der Waals surface area contributed by atoms with Crippen LogP contribution in [0.5, 0.6) is 5.75 Å². The minimum Gasteiger partial charge on any atom is -0.508 e. The standard InChI is InChI=1S/C15H22BrNO2/c1-15(2,3)9-12(16)10-17-14(19)8-11-6-4-5-7-13(11)18/h4-7,12,18H,8-10H2,1-3H3,(H,17,19). The quantitative estimate of drug-likeness (QED) is 0.815. The van der Waals surface area contributed by atoms with Crippen LogP contribution in [0.1, 0.15) is 32.8 Å². The Balaban J connectivity index is 2.38. The predicted octanol–water partition coefficient (Wildman–Crippen LogP) is 3.25. The van der Waals surface area contributed by atoms with Gasteiger partial charge in [0.15, 0.2) is 0 Å². The molecule has 0 radical (unpaired) electrons. The van der Waals surface area contributed by atoms with E-state index in [2.05, 4.69) is 42.0 Å². The van der Waals surface area contributed by atoms with Crippen molar-refractivity contribution in [2.45, 2.75) is 38.4 Å². The summed E-state index contributed by atoms with van der Waals surface area (Å²) in [7, 11) is 0. The van der Waals surface area contributed by atoms with Gasteiger partial charge in [-0.05, 0) is 17.9 Å². The Labute approximate surface area is 123 Å². The van der Waals surface area contributed by atoms with E-state index in [4.69, 9.17) is 0 Å². The second-order valence-corrected chi connectivity index (χ2v) is 7.27. The lowest BCUT2D eigenvalue weighted by Gasteiger charge is -2.22. The van der Waals surface area contributed by atoms with Crippen LogP contribution in [0.3, 0.4) is 0 Å². The van der Waals surface area contributed by atoms with E-state index in [-0.39, 0.29) is 28.3 Å². The van der Waals surface area contributed by atoms with Crippen molar-refractivity contribution < 1.29 is 9.90 Å². The number of alkyl halides is 1. The summed E-state index contributed by atoms with van der Waals surface area (Å²) < 4.78 is 0. The third kappa shape index (κ3) is 6.62. The van der Waals surface area contributed by atoms with E-state index in [1.54, 1.807) is 18.2 Å². The summed E-state index contributed by atoms with van der Waals surface area (Å²) in [6.45, 7) is 7.12. The molecule has 0 fully saturated rings. The van der Waals surface area contributed by atoms with Crippen LogP contribution in [0.25, 0.3) is 0 Å². The second kappa shape index (κ2) is 6.94. The minimum absolute atomic E-state index is 0.0696. The minimum atomic E-state index is -0.0696. The molecule has 19 heavy (non-hydrogen) atoms. The molecular formula is C15H22BrNO2. The zero-order valence-corrected chi connectivity index (χ0v) is 13.3. The van der Waals surface area contributed by atoms with Gasteiger partial charge in [0.25, 0.3) is 0 Å². The first-order valence-electron chi connectivity index (χ1n) is 6.45. The average molecular weight is 328 g/mol. The smallest absolute Gasteiger partial charge is 0.224 e. The van der Waals surface area contributed by atoms with Gasteiger partial charge in [-0.3, -0.25) is 4.79 Å². The Morgan fingerprint density at radius 2 is 2.00 bits per heavy atom. The molecule has 0 aromatic heterocycles. The van der Waals surface area contributed by atoms with E-state index in [1.165, 1.54) is 0 Å². The highest BCUT2D eigenvalue weighted by molar-refractivity contribution is 9.09. The average Bonchev–Trinajstić information content (AvgIpc) is 2.27. The van der Waals surface area contributed by atoms with Gasteiger partial charge in [0.05, 0.1) is 6.42 Å². The molecule has 0 saturated carbocycles. The van der Waals surface area contributed by atoms with Crippen LogP contribution in [0.2, 0.25) is 0 Å². The molecule has 2 N–H and O–H groups in total. The van der Waals surface area contributed by atoms with Gasteiger partial charge in [0, 0.05) is 16.9 Å². The molecule has 1 atom stereocenters. The normalized spacial score (nSPS) is 13.1. The number of aromatic hydroxyl groups is 1. The number of halogens is 1. The fraction of sp³-hybridized carbons (Fsp3) is 0.533. The molecule has 1 amide bonds. The molecule has 4 heteroatoms. The van der Waals surface area contributed by atoms with E-state index in [9.17, 15) is 9.90 Å². The lowest BCUT2D eigenvalue weighted by atomic mass is 9.90. The van der Waals surface area contributed by atoms with Crippen LogP contribution >= 0.6 is 15.9 Å². The first-order chi connectivity index (χ1) is 8.78. The molecule has 3 nitrogen and oxygen atoms in total. The first-order valence-corrected chi connectivity index (χ1v) is 7.37. The number of hydrogen-bond acceptors (Lipinski definition) is 2. The van der Waals surface area contributed by atoms with E-state index in [1.807, 2.05) is 6.07 Å². The molecule has 0 saturated heterocycles. The Morgan fingerprint density at radius 1 is 1.37 bits per heavy atom. The SMILES string of the molecule is CC(C)(C)CC(Br)CNC(=O)Cc1ccccc1O. The van der Waals surface area contributed by atoms with Crippen LogP contribution in [0, 0.1) is 5.41 Å². The summed E-state index contributed by atoms with van der Waals surface area (Å²) in [6, 6.07) is 6.91. The Morgan fingerprint density at radius 3 is 2.58 bits per heavy atom. The van der Waals surface area contributed by atoms with Gasteiger partial charge in [-0.25, -0.2) is 0 Å². The van der Waals surface area contributed by atoms with Gasteiger partial charge in [-0.2, -0.15) is 0 Å².